The quantitative estimate of drug-likeness (QED) is 0.180. The smallest absolute Gasteiger partial charge is 0.410 e. The van der Waals surface area contributed by atoms with E-state index in [-0.39, 0.29) is 40.2 Å². The van der Waals surface area contributed by atoms with Crippen molar-refractivity contribution in [1.82, 2.24) is 9.88 Å². The van der Waals surface area contributed by atoms with Gasteiger partial charge in [-0.2, -0.15) is 0 Å². The molecule has 2 amide bonds. The van der Waals surface area contributed by atoms with Gasteiger partial charge in [0.25, 0.3) is 5.91 Å². The predicted molar refractivity (Wildman–Crippen MR) is 195 cm³/mol. The topological polar surface area (TPSA) is 136 Å². The third-order valence-corrected chi connectivity index (χ3v) is 8.30. The fraction of sp³-hybridized carbons (Fsp3) is 0.472. The summed E-state index contributed by atoms with van der Waals surface area (Å²) >= 11 is 6.49. The summed E-state index contributed by atoms with van der Waals surface area (Å²) in [4.78, 5) is 32.2. The van der Waals surface area contributed by atoms with E-state index in [4.69, 9.17) is 25.8 Å². The highest BCUT2D eigenvalue weighted by molar-refractivity contribution is 7.92. The molecule has 0 spiro atoms. The Bertz CT molecular complexity index is 1750. The van der Waals surface area contributed by atoms with Crippen molar-refractivity contribution in [2.24, 2.45) is 5.92 Å². The highest BCUT2D eigenvalue weighted by Crippen LogP contribution is 2.39. The van der Waals surface area contributed by atoms with Crippen LogP contribution >= 0.6 is 11.6 Å². The Morgan fingerprint density at radius 2 is 1.69 bits per heavy atom. The van der Waals surface area contributed by atoms with Gasteiger partial charge >= 0.3 is 6.09 Å². The Balaban J connectivity index is 1.77. The zero-order chi connectivity index (χ0) is 36.7. The van der Waals surface area contributed by atoms with Crippen molar-refractivity contribution in [3.05, 3.63) is 70.5 Å². The molecule has 49 heavy (non-hydrogen) atoms. The van der Waals surface area contributed by atoms with Crippen LogP contribution in [0, 0.1) is 5.92 Å². The number of sulfonamides is 1. The lowest BCUT2D eigenvalue weighted by molar-refractivity contribution is 0.0251. The number of nitrogens with zero attached hydrogens (tertiary/aromatic N) is 2. The average molecular weight is 717 g/mol. The van der Waals surface area contributed by atoms with Crippen molar-refractivity contribution in [2.45, 2.75) is 79.2 Å². The van der Waals surface area contributed by atoms with Crippen molar-refractivity contribution in [1.29, 1.82) is 0 Å². The Kier molecular flexibility index (Phi) is 13.0. The van der Waals surface area contributed by atoms with Crippen molar-refractivity contribution in [2.75, 3.05) is 36.5 Å². The molecule has 0 aliphatic heterocycles. The minimum atomic E-state index is -3.63. The first kappa shape index (κ1) is 39.4. The molecule has 13 heteroatoms. The molecule has 3 rings (SSSR count). The Labute approximate surface area is 295 Å². The zero-order valence-electron chi connectivity index (χ0n) is 30.1. The molecule has 0 aliphatic rings. The van der Waals surface area contributed by atoms with Gasteiger partial charge in [-0.05, 0) is 93.8 Å². The van der Waals surface area contributed by atoms with Crippen LogP contribution in [-0.4, -0.2) is 62.4 Å². The number of halogens is 1. The number of hydrogen-bond donors (Lipinski definition) is 2. The first-order chi connectivity index (χ1) is 22.7. The molecular formula is C36H49ClN4O7S. The molecule has 1 heterocycles. The van der Waals surface area contributed by atoms with Gasteiger partial charge in [0.1, 0.15) is 17.1 Å². The van der Waals surface area contributed by atoms with Crippen LogP contribution in [0.4, 0.5) is 16.2 Å². The van der Waals surface area contributed by atoms with Crippen LogP contribution in [0.25, 0.3) is 0 Å². The highest BCUT2D eigenvalue weighted by atomic mass is 35.5. The number of benzene rings is 2. The first-order valence-corrected chi connectivity index (χ1v) is 18.4. The maximum Gasteiger partial charge on any atom is 0.410 e. The lowest BCUT2D eigenvalue weighted by Gasteiger charge is -2.27. The van der Waals surface area contributed by atoms with E-state index >= 15 is 0 Å². The van der Waals surface area contributed by atoms with Gasteiger partial charge in [0.05, 0.1) is 29.8 Å². The highest BCUT2D eigenvalue weighted by Gasteiger charge is 2.24. The van der Waals surface area contributed by atoms with Gasteiger partial charge in [-0.15, -0.1) is 0 Å². The molecule has 2 aromatic carbocycles. The first-order valence-electron chi connectivity index (χ1n) is 16.1. The summed E-state index contributed by atoms with van der Waals surface area (Å²) in [5.41, 5.74) is 1.43. The molecule has 1 aromatic heterocycles. The van der Waals surface area contributed by atoms with Crippen LogP contribution in [0.1, 0.15) is 83.4 Å². The standard InChI is InChI=1S/C36H49ClN4O7S/c1-11-41(34(43)48-36(6,7)8)17-15-23(2)18-26-22-27(14-16-38-26)47-31-19-24(12-13-28(31)37)33(42)39-29-20-25(35(3,4)5)21-30(32(29)46-9)40-49(10,44)45/h12-14,16,19-23,40H,11,15,17-18H2,1-10H3,(H,39,42). The maximum atomic E-state index is 13.5. The van der Waals surface area contributed by atoms with Gasteiger partial charge in [-0.1, -0.05) is 39.3 Å². The molecule has 1 atom stereocenters. The molecule has 0 radical (unpaired) electrons. The van der Waals surface area contributed by atoms with Crippen molar-refractivity contribution in [3.8, 4) is 17.2 Å². The van der Waals surface area contributed by atoms with Crippen LogP contribution in [0.2, 0.25) is 5.02 Å². The number of carbonyl (C=O) groups is 2. The van der Waals surface area contributed by atoms with E-state index in [9.17, 15) is 18.0 Å². The van der Waals surface area contributed by atoms with Gasteiger partial charge < -0.3 is 24.4 Å². The largest absolute Gasteiger partial charge is 0.492 e. The number of ether oxygens (including phenoxy) is 3. The number of carbonyl (C=O) groups excluding carboxylic acids is 2. The number of anilines is 2. The average Bonchev–Trinajstić information content (AvgIpc) is 2.96. The number of nitrogens with one attached hydrogen (secondary N) is 2. The van der Waals surface area contributed by atoms with E-state index in [1.807, 2.05) is 54.5 Å². The normalized spacial score (nSPS) is 12.6. The maximum absolute atomic E-state index is 13.5. The Morgan fingerprint density at radius 1 is 1.02 bits per heavy atom. The van der Waals surface area contributed by atoms with E-state index < -0.39 is 21.5 Å². The van der Waals surface area contributed by atoms with Gasteiger partial charge in [-0.25, -0.2) is 13.2 Å². The molecule has 2 N–H and O–H groups in total. The third kappa shape index (κ3) is 12.1. The molecule has 0 saturated heterocycles. The minimum Gasteiger partial charge on any atom is -0.492 e. The summed E-state index contributed by atoms with van der Waals surface area (Å²) < 4.78 is 43.9. The van der Waals surface area contributed by atoms with Crippen LogP contribution < -0.4 is 19.5 Å². The molecule has 0 fully saturated rings. The predicted octanol–water partition coefficient (Wildman–Crippen LogP) is 8.28. The Morgan fingerprint density at radius 3 is 2.29 bits per heavy atom. The van der Waals surface area contributed by atoms with Gasteiger partial charge in [-0.3, -0.25) is 14.5 Å². The summed E-state index contributed by atoms with van der Waals surface area (Å²) in [5.74, 6) is 0.676. The van der Waals surface area contributed by atoms with E-state index in [1.165, 1.54) is 13.2 Å². The summed E-state index contributed by atoms with van der Waals surface area (Å²) in [6.07, 6.45) is 3.79. The lowest BCUT2D eigenvalue weighted by Crippen LogP contribution is -2.37. The molecule has 3 aromatic rings. The van der Waals surface area contributed by atoms with Crippen molar-refractivity contribution < 1.29 is 32.2 Å². The van der Waals surface area contributed by atoms with Crippen LogP contribution in [0.15, 0.2) is 48.7 Å². The van der Waals surface area contributed by atoms with E-state index in [0.29, 0.717) is 36.0 Å². The van der Waals surface area contributed by atoms with Gasteiger partial charge in [0, 0.05) is 36.6 Å². The number of pyridine rings is 1. The Hall–Kier alpha value is -4.03. The molecule has 268 valence electrons. The second kappa shape index (κ2) is 16.1. The second-order valence-electron chi connectivity index (χ2n) is 14.1. The third-order valence-electron chi connectivity index (χ3n) is 7.39. The summed E-state index contributed by atoms with van der Waals surface area (Å²) in [5, 5.41) is 3.16. The monoisotopic (exact) mass is 716 g/mol. The van der Waals surface area contributed by atoms with Crippen molar-refractivity contribution >= 4 is 45.0 Å². The van der Waals surface area contributed by atoms with E-state index in [1.54, 1.807) is 41.4 Å². The summed E-state index contributed by atoms with van der Waals surface area (Å²) in [6.45, 7) is 16.6. The fourth-order valence-corrected chi connectivity index (χ4v) is 5.57. The molecule has 0 aliphatic carbocycles. The fourth-order valence-electron chi connectivity index (χ4n) is 4.87. The molecular weight excluding hydrogens is 668 g/mol. The number of amides is 2. The van der Waals surface area contributed by atoms with Gasteiger partial charge in [0.15, 0.2) is 5.75 Å². The number of methoxy groups -OCH3 is 1. The van der Waals surface area contributed by atoms with Crippen LogP contribution in [-0.2, 0) is 26.6 Å². The number of rotatable bonds is 13. The van der Waals surface area contributed by atoms with E-state index in [2.05, 4.69) is 21.9 Å². The number of hydrogen-bond acceptors (Lipinski definition) is 8. The molecule has 1 unspecified atom stereocenters. The van der Waals surface area contributed by atoms with Crippen LogP contribution in [0.3, 0.4) is 0 Å². The lowest BCUT2D eigenvalue weighted by atomic mass is 9.86. The number of aromatic nitrogens is 1. The second-order valence-corrected chi connectivity index (χ2v) is 16.2. The SMILES string of the molecule is CCN(CCC(C)Cc1cc(Oc2cc(C(=O)Nc3cc(C(C)(C)C)cc(NS(C)(=O)=O)c3OC)ccc2Cl)ccn1)C(=O)OC(C)(C)C. The van der Waals surface area contributed by atoms with Gasteiger partial charge in [0.2, 0.25) is 10.0 Å². The van der Waals surface area contributed by atoms with Crippen LogP contribution in [0.5, 0.6) is 17.2 Å². The molecule has 11 nitrogen and oxygen atoms in total. The summed E-state index contributed by atoms with van der Waals surface area (Å²) in [7, 11) is -2.23. The molecule has 0 saturated carbocycles. The summed E-state index contributed by atoms with van der Waals surface area (Å²) in [6, 6.07) is 11.6. The van der Waals surface area contributed by atoms with Crippen molar-refractivity contribution in [3.63, 3.8) is 0 Å². The minimum absolute atomic E-state index is 0.169. The van der Waals surface area contributed by atoms with E-state index in [0.717, 1.165) is 23.9 Å². The molecule has 0 bridgehead atoms. The zero-order valence-corrected chi connectivity index (χ0v) is 31.6.